The highest BCUT2D eigenvalue weighted by molar-refractivity contribution is 7.91. The number of hydrogen-bond acceptors (Lipinski definition) is 6. The number of aromatic nitrogens is 1. The fourth-order valence-corrected chi connectivity index (χ4v) is 5.39. The predicted octanol–water partition coefficient (Wildman–Crippen LogP) is 4.34. The van der Waals surface area contributed by atoms with E-state index in [1.165, 1.54) is 17.4 Å². The molecular weight excluding hydrogens is 454 g/mol. The molecule has 0 bridgehead atoms. The summed E-state index contributed by atoms with van der Waals surface area (Å²) in [5.41, 5.74) is 3.22. The van der Waals surface area contributed by atoms with Gasteiger partial charge in [0.25, 0.3) is 5.91 Å². The number of carbonyl (C=O) groups excluding carboxylic acids is 1. The van der Waals surface area contributed by atoms with E-state index in [4.69, 9.17) is 4.98 Å². The van der Waals surface area contributed by atoms with E-state index >= 15 is 0 Å². The number of sulfone groups is 1. The molecule has 2 aromatic carbocycles. The third-order valence-corrected chi connectivity index (χ3v) is 8.01. The molecular formula is C22H28ClN3O3S2. The predicted molar refractivity (Wildman–Crippen MR) is 131 cm³/mol. The number of carbonyl (C=O) groups is 1. The molecule has 0 atom stereocenters. The Morgan fingerprint density at radius 1 is 1.03 bits per heavy atom. The maximum absolute atomic E-state index is 13.6. The summed E-state index contributed by atoms with van der Waals surface area (Å²) in [5, 5.41) is 0.581. The minimum atomic E-state index is -3.53. The van der Waals surface area contributed by atoms with Gasteiger partial charge in [-0.05, 0) is 51.2 Å². The van der Waals surface area contributed by atoms with Crippen LogP contribution in [0.5, 0.6) is 0 Å². The lowest BCUT2D eigenvalue weighted by Crippen LogP contribution is -2.37. The molecule has 1 aromatic heterocycles. The van der Waals surface area contributed by atoms with Gasteiger partial charge in [-0.15, -0.1) is 12.4 Å². The van der Waals surface area contributed by atoms with E-state index in [0.29, 0.717) is 18.2 Å². The zero-order valence-electron chi connectivity index (χ0n) is 18.4. The lowest BCUT2D eigenvalue weighted by Gasteiger charge is -2.23. The van der Waals surface area contributed by atoms with E-state index in [-0.39, 0.29) is 34.5 Å². The summed E-state index contributed by atoms with van der Waals surface area (Å²) in [4.78, 5) is 22.0. The highest BCUT2D eigenvalue weighted by Gasteiger charge is 2.27. The Kier molecular flexibility index (Phi) is 8.21. The van der Waals surface area contributed by atoms with Crippen LogP contribution in [0.4, 0.5) is 5.13 Å². The molecule has 9 heteroatoms. The Morgan fingerprint density at radius 2 is 1.68 bits per heavy atom. The van der Waals surface area contributed by atoms with Crippen molar-refractivity contribution >= 4 is 54.8 Å². The molecule has 0 spiro atoms. The van der Waals surface area contributed by atoms with Crippen LogP contribution in [-0.2, 0) is 9.84 Å². The van der Waals surface area contributed by atoms with Crippen molar-refractivity contribution in [1.29, 1.82) is 0 Å². The summed E-state index contributed by atoms with van der Waals surface area (Å²) in [6.45, 7) is 6.64. The molecule has 3 rings (SSSR count). The number of fused-ring (bicyclic) bond motifs is 1. The summed E-state index contributed by atoms with van der Waals surface area (Å²) in [5.74, 6) is -0.409. The fourth-order valence-electron chi connectivity index (χ4n) is 3.16. The highest BCUT2D eigenvalue weighted by atomic mass is 35.5. The van der Waals surface area contributed by atoms with Gasteiger partial charge >= 0.3 is 0 Å². The third kappa shape index (κ3) is 5.26. The van der Waals surface area contributed by atoms with E-state index in [1.54, 1.807) is 30.0 Å². The van der Waals surface area contributed by atoms with Gasteiger partial charge in [-0.2, -0.15) is 0 Å². The Morgan fingerprint density at radius 3 is 2.29 bits per heavy atom. The molecule has 0 aliphatic rings. The van der Waals surface area contributed by atoms with Gasteiger partial charge in [-0.3, -0.25) is 9.69 Å². The van der Waals surface area contributed by atoms with E-state index in [9.17, 15) is 13.2 Å². The van der Waals surface area contributed by atoms with Crippen molar-refractivity contribution in [2.24, 2.45) is 0 Å². The molecule has 0 saturated heterocycles. The number of halogens is 1. The van der Waals surface area contributed by atoms with Crippen molar-refractivity contribution in [2.45, 2.75) is 25.7 Å². The first-order chi connectivity index (χ1) is 14.2. The van der Waals surface area contributed by atoms with Crippen LogP contribution in [0.15, 0.2) is 41.3 Å². The number of aryl methyl sites for hydroxylation is 2. The van der Waals surface area contributed by atoms with Gasteiger partial charge in [0.1, 0.15) is 0 Å². The zero-order chi connectivity index (χ0) is 22.1. The molecule has 0 saturated carbocycles. The molecule has 1 heterocycles. The Labute approximate surface area is 194 Å². The molecule has 168 valence electrons. The number of hydrogen-bond donors (Lipinski definition) is 0. The molecule has 3 aromatic rings. The Hall–Kier alpha value is -2.00. The first kappa shape index (κ1) is 25.3. The van der Waals surface area contributed by atoms with Crippen molar-refractivity contribution in [2.75, 3.05) is 37.8 Å². The van der Waals surface area contributed by atoms with Crippen LogP contribution >= 0.6 is 23.7 Å². The average molecular weight is 482 g/mol. The minimum absolute atomic E-state index is 0. The van der Waals surface area contributed by atoms with Gasteiger partial charge in [0.05, 0.1) is 26.4 Å². The summed E-state index contributed by atoms with van der Waals surface area (Å²) >= 11 is 1.47. The van der Waals surface area contributed by atoms with Gasteiger partial charge in [0.15, 0.2) is 15.0 Å². The summed E-state index contributed by atoms with van der Waals surface area (Å²) < 4.78 is 26.2. The van der Waals surface area contributed by atoms with Crippen LogP contribution in [-0.4, -0.2) is 57.1 Å². The van der Waals surface area contributed by atoms with Crippen molar-refractivity contribution in [3.63, 3.8) is 0 Å². The standard InChI is InChI=1S/C22H27N3O3S2.ClH/c1-6-30(27,28)18-10-8-7-9-17(18)21(26)25(14-13-24(4)5)22-23-19-15(2)11-12-16(3)20(19)29-22;/h7-12H,6,13-14H2,1-5H3;1H. The molecule has 6 nitrogen and oxygen atoms in total. The largest absolute Gasteiger partial charge is 0.308 e. The SMILES string of the molecule is CCS(=O)(=O)c1ccccc1C(=O)N(CCN(C)C)c1nc2c(C)ccc(C)c2s1.Cl. The number of amides is 1. The highest BCUT2D eigenvalue weighted by Crippen LogP contribution is 2.34. The van der Waals surface area contributed by atoms with Crippen molar-refractivity contribution < 1.29 is 13.2 Å². The number of nitrogens with zero attached hydrogens (tertiary/aromatic N) is 3. The van der Waals surface area contributed by atoms with E-state index in [1.807, 2.05) is 38.9 Å². The van der Waals surface area contributed by atoms with Crippen molar-refractivity contribution in [3.8, 4) is 0 Å². The summed E-state index contributed by atoms with van der Waals surface area (Å²) in [7, 11) is 0.337. The maximum atomic E-state index is 13.6. The summed E-state index contributed by atoms with van der Waals surface area (Å²) in [6.07, 6.45) is 0. The van der Waals surface area contributed by atoms with Crippen LogP contribution in [0.2, 0.25) is 0 Å². The van der Waals surface area contributed by atoms with Crippen LogP contribution in [0, 0.1) is 13.8 Å². The van der Waals surface area contributed by atoms with Gasteiger partial charge in [0, 0.05) is 13.1 Å². The third-order valence-electron chi connectivity index (χ3n) is 5.01. The van der Waals surface area contributed by atoms with Gasteiger partial charge < -0.3 is 4.90 Å². The fraction of sp³-hybridized carbons (Fsp3) is 0.364. The van der Waals surface area contributed by atoms with Gasteiger partial charge in [-0.25, -0.2) is 13.4 Å². The number of rotatable bonds is 7. The number of anilines is 1. The molecule has 1 amide bonds. The maximum Gasteiger partial charge on any atom is 0.261 e. The van der Waals surface area contributed by atoms with Crippen LogP contribution in [0.25, 0.3) is 10.2 Å². The average Bonchev–Trinajstić information content (AvgIpc) is 3.17. The molecule has 0 unspecified atom stereocenters. The van der Waals surface area contributed by atoms with Crippen LogP contribution < -0.4 is 4.90 Å². The topological polar surface area (TPSA) is 70.6 Å². The quantitative estimate of drug-likeness (QED) is 0.502. The van der Waals surface area contributed by atoms with Crippen LogP contribution in [0.1, 0.15) is 28.4 Å². The first-order valence-electron chi connectivity index (χ1n) is 9.80. The molecule has 0 N–H and O–H groups in total. The number of benzene rings is 2. The van der Waals surface area contributed by atoms with E-state index in [2.05, 4.69) is 6.07 Å². The second-order valence-corrected chi connectivity index (χ2v) is 10.8. The number of thiazole rings is 1. The zero-order valence-corrected chi connectivity index (χ0v) is 20.8. The van der Waals surface area contributed by atoms with Crippen molar-refractivity contribution in [3.05, 3.63) is 53.1 Å². The van der Waals surface area contributed by atoms with E-state index < -0.39 is 9.84 Å². The second kappa shape index (κ2) is 10.1. The first-order valence-corrected chi connectivity index (χ1v) is 12.3. The molecule has 0 radical (unpaired) electrons. The molecule has 0 aliphatic carbocycles. The van der Waals surface area contributed by atoms with Crippen LogP contribution in [0.3, 0.4) is 0 Å². The van der Waals surface area contributed by atoms with Gasteiger partial charge in [-0.1, -0.05) is 42.5 Å². The molecule has 0 fully saturated rings. The molecule has 31 heavy (non-hydrogen) atoms. The van der Waals surface area contributed by atoms with Gasteiger partial charge in [0.2, 0.25) is 0 Å². The second-order valence-electron chi connectivity index (χ2n) is 7.53. The smallest absolute Gasteiger partial charge is 0.261 e. The monoisotopic (exact) mass is 481 g/mol. The normalized spacial score (nSPS) is 11.5. The summed E-state index contributed by atoms with van der Waals surface area (Å²) in [6, 6.07) is 10.5. The Balaban J connectivity index is 0.00000341. The Bertz CT molecular complexity index is 1150. The van der Waals surface area contributed by atoms with E-state index in [0.717, 1.165) is 21.3 Å². The lowest BCUT2D eigenvalue weighted by atomic mass is 10.1. The van der Waals surface area contributed by atoms with Crippen molar-refractivity contribution in [1.82, 2.24) is 9.88 Å². The minimum Gasteiger partial charge on any atom is -0.308 e. The molecule has 0 aliphatic heterocycles. The lowest BCUT2D eigenvalue weighted by molar-refractivity contribution is 0.0982. The number of likely N-dealkylation sites (N-methyl/N-ethyl adjacent to an activating group) is 1.